The molecule has 3 nitrogen and oxygen atoms in total. The van der Waals surface area contributed by atoms with Crippen LogP contribution in [0.1, 0.15) is 36.3 Å². The van der Waals surface area contributed by atoms with Crippen LogP contribution in [0, 0.1) is 5.92 Å². The van der Waals surface area contributed by atoms with Gasteiger partial charge < -0.3 is 16.0 Å². The minimum Gasteiger partial charge on any atom is -0.384 e. The van der Waals surface area contributed by atoms with Crippen LogP contribution in [0.15, 0.2) is 18.2 Å². The summed E-state index contributed by atoms with van der Waals surface area (Å²) in [5.74, 6) is 1.66. The van der Waals surface area contributed by atoms with E-state index in [1.54, 1.807) is 5.56 Å². The first-order valence-corrected chi connectivity index (χ1v) is 8.21. The first-order chi connectivity index (χ1) is 9.90. The van der Waals surface area contributed by atoms with E-state index in [2.05, 4.69) is 34.1 Å². The van der Waals surface area contributed by atoms with E-state index in [4.69, 9.17) is 0 Å². The minimum absolute atomic E-state index is 0.734. The van der Waals surface area contributed by atoms with Gasteiger partial charge in [0.1, 0.15) is 0 Å². The Labute approximate surface area is 121 Å². The number of nitrogens with one attached hydrogen (secondary N) is 3. The summed E-state index contributed by atoms with van der Waals surface area (Å²) < 4.78 is 0. The Hall–Kier alpha value is -1.06. The molecule has 20 heavy (non-hydrogen) atoms. The van der Waals surface area contributed by atoms with Crippen molar-refractivity contribution in [1.29, 1.82) is 0 Å². The van der Waals surface area contributed by atoms with Crippen LogP contribution in [0.3, 0.4) is 0 Å². The quantitative estimate of drug-likeness (QED) is 0.785. The van der Waals surface area contributed by atoms with Crippen molar-refractivity contribution >= 4 is 5.69 Å². The van der Waals surface area contributed by atoms with Crippen molar-refractivity contribution in [1.82, 2.24) is 10.6 Å². The summed E-state index contributed by atoms with van der Waals surface area (Å²) in [5.41, 5.74) is 4.43. The van der Waals surface area contributed by atoms with E-state index in [-0.39, 0.29) is 0 Å². The Bertz CT molecular complexity index is 479. The first kappa shape index (κ1) is 12.7. The number of fused-ring (bicyclic) bond motifs is 1. The van der Waals surface area contributed by atoms with Gasteiger partial charge in [0.15, 0.2) is 0 Å². The average Bonchev–Trinajstić information content (AvgIpc) is 3.13. The van der Waals surface area contributed by atoms with Crippen molar-refractivity contribution in [3.8, 4) is 0 Å². The molecule has 3 N–H and O–H groups in total. The normalized spacial score (nSPS) is 29.0. The molecule has 0 aromatic heterocycles. The Morgan fingerprint density at radius 2 is 2.05 bits per heavy atom. The standard InChI is InChI=1S/C17H25N3/c1-2-16-14(5-8-19-16)9-13(1)15-10-17(15)20-11-12-3-6-18-7-4-12/h1-2,9,12,15,17-20H,3-8,10-11H2. The summed E-state index contributed by atoms with van der Waals surface area (Å²) >= 11 is 0. The van der Waals surface area contributed by atoms with Crippen molar-refractivity contribution in [2.75, 3.05) is 31.5 Å². The van der Waals surface area contributed by atoms with E-state index in [0.29, 0.717) is 0 Å². The van der Waals surface area contributed by atoms with E-state index in [9.17, 15) is 0 Å². The highest BCUT2D eigenvalue weighted by Crippen LogP contribution is 2.42. The van der Waals surface area contributed by atoms with Crippen molar-refractivity contribution < 1.29 is 0 Å². The van der Waals surface area contributed by atoms with E-state index in [1.165, 1.54) is 56.6 Å². The van der Waals surface area contributed by atoms with Gasteiger partial charge >= 0.3 is 0 Å². The van der Waals surface area contributed by atoms with Crippen LogP contribution >= 0.6 is 0 Å². The molecule has 3 heteroatoms. The number of hydrogen-bond acceptors (Lipinski definition) is 3. The van der Waals surface area contributed by atoms with Crippen LogP contribution in [-0.4, -0.2) is 32.2 Å². The van der Waals surface area contributed by atoms with Crippen LogP contribution in [0.2, 0.25) is 0 Å². The van der Waals surface area contributed by atoms with Crippen LogP contribution in [0.4, 0.5) is 5.69 Å². The van der Waals surface area contributed by atoms with Gasteiger partial charge in [-0.05, 0) is 68.4 Å². The molecule has 1 aliphatic carbocycles. The molecule has 0 amide bonds. The van der Waals surface area contributed by atoms with Crippen molar-refractivity contribution in [3.63, 3.8) is 0 Å². The summed E-state index contributed by atoms with van der Waals surface area (Å²) in [6.45, 7) is 4.74. The molecule has 2 heterocycles. The lowest BCUT2D eigenvalue weighted by Gasteiger charge is -2.22. The van der Waals surface area contributed by atoms with E-state index in [1.807, 2.05) is 0 Å². The average molecular weight is 271 g/mol. The Morgan fingerprint density at radius 1 is 1.15 bits per heavy atom. The molecule has 108 valence electrons. The van der Waals surface area contributed by atoms with E-state index < -0.39 is 0 Å². The SMILES string of the molecule is c1cc2c(cc1C1CC1NCC1CCNCC1)CCN2. The fourth-order valence-electron chi connectivity index (χ4n) is 3.75. The summed E-state index contributed by atoms with van der Waals surface area (Å²) in [6.07, 6.45) is 5.21. The molecular weight excluding hydrogens is 246 g/mol. The highest BCUT2D eigenvalue weighted by Gasteiger charge is 2.38. The van der Waals surface area contributed by atoms with E-state index >= 15 is 0 Å². The highest BCUT2D eigenvalue weighted by molar-refractivity contribution is 5.57. The number of piperidine rings is 1. The molecule has 3 aliphatic rings. The minimum atomic E-state index is 0.734. The summed E-state index contributed by atoms with van der Waals surface area (Å²) in [5, 5.41) is 10.7. The fourth-order valence-corrected chi connectivity index (χ4v) is 3.75. The van der Waals surface area contributed by atoms with Gasteiger partial charge in [-0.25, -0.2) is 0 Å². The lowest BCUT2D eigenvalue weighted by molar-refractivity contribution is 0.355. The largest absolute Gasteiger partial charge is 0.384 e. The van der Waals surface area contributed by atoms with Crippen LogP contribution in [0.25, 0.3) is 0 Å². The van der Waals surface area contributed by atoms with Gasteiger partial charge in [-0.2, -0.15) is 0 Å². The maximum Gasteiger partial charge on any atom is 0.0373 e. The molecule has 1 aromatic carbocycles. The topological polar surface area (TPSA) is 36.1 Å². The molecule has 2 aliphatic heterocycles. The van der Waals surface area contributed by atoms with Crippen molar-refractivity contribution in [2.24, 2.45) is 5.92 Å². The maximum absolute atomic E-state index is 3.80. The predicted molar refractivity (Wildman–Crippen MR) is 83.4 cm³/mol. The second-order valence-corrected chi connectivity index (χ2v) is 6.64. The molecule has 2 fully saturated rings. The first-order valence-electron chi connectivity index (χ1n) is 8.21. The van der Waals surface area contributed by atoms with Crippen LogP contribution in [0.5, 0.6) is 0 Å². The predicted octanol–water partition coefficient (Wildman–Crippen LogP) is 2.10. The number of anilines is 1. The summed E-state index contributed by atoms with van der Waals surface area (Å²) in [7, 11) is 0. The third kappa shape index (κ3) is 2.57. The monoisotopic (exact) mass is 271 g/mol. The van der Waals surface area contributed by atoms with Gasteiger partial charge in [0, 0.05) is 24.2 Å². The molecule has 2 atom stereocenters. The third-order valence-corrected chi connectivity index (χ3v) is 5.19. The number of rotatable bonds is 4. The van der Waals surface area contributed by atoms with Crippen molar-refractivity contribution in [3.05, 3.63) is 29.3 Å². The maximum atomic E-state index is 3.80. The molecule has 4 rings (SSSR count). The summed E-state index contributed by atoms with van der Waals surface area (Å²) in [6, 6.07) is 7.78. The Morgan fingerprint density at radius 3 is 2.95 bits per heavy atom. The number of benzene rings is 1. The van der Waals surface area contributed by atoms with Crippen LogP contribution < -0.4 is 16.0 Å². The van der Waals surface area contributed by atoms with Gasteiger partial charge in [0.25, 0.3) is 0 Å². The molecule has 1 saturated heterocycles. The fraction of sp³-hybridized carbons (Fsp3) is 0.647. The smallest absolute Gasteiger partial charge is 0.0373 e. The molecule has 0 spiro atoms. The van der Waals surface area contributed by atoms with Gasteiger partial charge in [-0.1, -0.05) is 12.1 Å². The molecule has 0 bridgehead atoms. The molecule has 1 saturated carbocycles. The second kappa shape index (κ2) is 5.38. The lowest BCUT2D eigenvalue weighted by Crippen LogP contribution is -2.34. The van der Waals surface area contributed by atoms with Gasteiger partial charge in [0.05, 0.1) is 0 Å². The second-order valence-electron chi connectivity index (χ2n) is 6.64. The molecule has 2 unspecified atom stereocenters. The zero-order chi connectivity index (χ0) is 13.4. The summed E-state index contributed by atoms with van der Waals surface area (Å²) in [4.78, 5) is 0. The molecule has 0 radical (unpaired) electrons. The zero-order valence-electron chi connectivity index (χ0n) is 12.1. The van der Waals surface area contributed by atoms with Gasteiger partial charge in [0.2, 0.25) is 0 Å². The third-order valence-electron chi connectivity index (χ3n) is 5.19. The lowest BCUT2D eigenvalue weighted by atomic mass is 9.98. The zero-order valence-corrected chi connectivity index (χ0v) is 12.1. The van der Waals surface area contributed by atoms with E-state index in [0.717, 1.165) is 24.4 Å². The Balaban J connectivity index is 1.31. The van der Waals surface area contributed by atoms with Gasteiger partial charge in [-0.15, -0.1) is 0 Å². The van der Waals surface area contributed by atoms with Crippen molar-refractivity contribution in [2.45, 2.75) is 37.6 Å². The highest BCUT2D eigenvalue weighted by atomic mass is 15.0. The number of hydrogen-bond donors (Lipinski definition) is 3. The van der Waals surface area contributed by atoms with Crippen LogP contribution in [-0.2, 0) is 6.42 Å². The van der Waals surface area contributed by atoms with Gasteiger partial charge in [-0.3, -0.25) is 0 Å². The Kier molecular flexibility index (Phi) is 3.41. The molecular formula is C17H25N3. The molecule has 1 aromatic rings.